The van der Waals surface area contributed by atoms with Gasteiger partial charge in [-0.05, 0) is 24.5 Å². The van der Waals surface area contributed by atoms with Crippen LogP contribution in [0.2, 0.25) is 0 Å². The van der Waals surface area contributed by atoms with Gasteiger partial charge < -0.3 is 15.4 Å². The molecule has 0 unspecified atom stereocenters. The minimum absolute atomic E-state index is 0.0570. The number of nitrogens with zero attached hydrogens (tertiary/aromatic N) is 1. The van der Waals surface area contributed by atoms with Crippen LogP contribution in [0.1, 0.15) is 24.0 Å². The van der Waals surface area contributed by atoms with Gasteiger partial charge in [0.2, 0.25) is 5.91 Å². The third kappa shape index (κ3) is 3.59. The molecule has 0 radical (unpaired) electrons. The molecule has 1 aliphatic heterocycles. The molecule has 2 rings (SSSR count). The molecule has 1 saturated heterocycles. The highest BCUT2D eigenvalue weighted by atomic mass is 19.4. The predicted molar refractivity (Wildman–Crippen MR) is 74.9 cm³/mol. The SMILES string of the molecule is CN(Cc1ccccc1C(F)(F)F)C(=O)C1(N)CCOCC1. The van der Waals surface area contributed by atoms with Crippen molar-refractivity contribution in [2.24, 2.45) is 5.73 Å². The zero-order valence-electron chi connectivity index (χ0n) is 12.3. The first kappa shape index (κ1) is 16.8. The van der Waals surface area contributed by atoms with Crippen LogP contribution in [-0.2, 0) is 22.3 Å². The molecule has 122 valence electrons. The maximum atomic E-state index is 13.0. The lowest BCUT2D eigenvalue weighted by Gasteiger charge is -2.35. The largest absolute Gasteiger partial charge is 0.416 e. The number of carbonyl (C=O) groups excluding carboxylic acids is 1. The van der Waals surface area contributed by atoms with Crippen LogP contribution in [-0.4, -0.2) is 36.6 Å². The Labute approximate surface area is 127 Å². The van der Waals surface area contributed by atoms with Gasteiger partial charge in [0.1, 0.15) is 0 Å². The van der Waals surface area contributed by atoms with Crippen LogP contribution >= 0.6 is 0 Å². The molecule has 22 heavy (non-hydrogen) atoms. The standard InChI is InChI=1S/C15H19F3N2O2/c1-20(13(21)14(19)6-8-22-9-7-14)10-11-4-2-3-5-12(11)15(16,17)18/h2-5H,6-10,19H2,1H3. The Morgan fingerprint density at radius 1 is 1.32 bits per heavy atom. The van der Waals surface area contributed by atoms with Gasteiger partial charge in [0.25, 0.3) is 0 Å². The number of ether oxygens (including phenoxy) is 1. The molecule has 4 nitrogen and oxygen atoms in total. The first-order valence-corrected chi connectivity index (χ1v) is 7.01. The number of hydrogen-bond donors (Lipinski definition) is 1. The van der Waals surface area contributed by atoms with Crippen molar-refractivity contribution in [1.29, 1.82) is 0 Å². The predicted octanol–water partition coefficient (Wildman–Crippen LogP) is 2.17. The van der Waals surface area contributed by atoms with E-state index < -0.39 is 17.3 Å². The molecule has 0 bridgehead atoms. The number of carbonyl (C=O) groups is 1. The molecule has 7 heteroatoms. The molecule has 0 aliphatic carbocycles. The highest BCUT2D eigenvalue weighted by molar-refractivity contribution is 5.86. The summed E-state index contributed by atoms with van der Waals surface area (Å²) in [5.41, 5.74) is 4.36. The van der Waals surface area contributed by atoms with Crippen molar-refractivity contribution in [2.45, 2.75) is 31.1 Å². The van der Waals surface area contributed by atoms with Crippen molar-refractivity contribution in [3.8, 4) is 0 Å². The number of benzene rings is 1. The van der Waals surface area contributed by atoms with E-state index in [-0.39, 0.29) is 18.0 Å². The van der Waals surface area contributed by atoms with Gasteiger partial charge in [0.05, 0.1) is 11.1 Å². The van der Waals surface area contributed by atoms with Crippen LogP contribution < -0.4 is 5.73 Å². The number of hydrogen-bond acceptors (Lipinski definition) is 3. The van der Waals surface area contributed by atoms with Gasteiger partial charge in [0, 0.05) is 26.8 Å². The molecule has 2 N–H and O–H groups in total. The molecule has 1 amide bonds. The molecule has 1 fully saturated rings. The molecule has 1 aromatic rings. The van der Waals surface area contributed by atoms with Crippen molar-refractivity contribution in [2.75, 3.05) is 20.3 Å². The number of halogens is 3. The van der Waals surface area contributed by atoms with Crippen LogP contribution in [0.25, 0.3) is 0 Å². The minimum atomic E-state index is -4.44. The number of rotatable bonds is 3. The molecular formula is C15H19F3N2O2. The summed E-state index contributed by atoms with van der Waals surface area (Å²) in [7, 11) is 1.47. The van der Waals surface area contributed by atoms with Crippen molar-refractivity contribution < 1.29 is 22.7 Å². The lowest BCUT2D eigenvalue weighted by Crippen LogP contribution is -2.57. The molecule has 1 heterocycles. The second-order valence-corrected chi connectivity index (χ2v) is 5.58. The highest BCUT2D eigenvalue weighted by Crippen LogP contribution is 2.32. The molecule has 0 aromatic heterocycles. The maximum absolute atomic E-state index is 13.0. The fraction of sp³-hybridized carbons (Fsp3) is 0.533. The quantitative estimate of drug-likeness (QED) is 0.930. The Balaban J connectivity index is 2.15. The lowest BCUT2D eigenvalue weighted by molar-refractivity contribution is -0.142. The third-order valence-corrected chi connectivity index (χ3v) is 3.89. The van der Waals surface area contributed by atoms with Gasteiger partial charge in [-0.15, -0.1) is 0 Å². The zero-order valence-corrected chi connectivity index (χ0v) is 12.3. The van der Waals surface area contributed by atoms with Crippen LogP contribution in [0.15, 0.2) is 24.3 Å². The van der Waals surface area contributed by atoms with Gasteiger partial charge >= 0.3 is 6.18 Å². The van der Waals surface area contributed by atoms with E-state index in [1.807, 2.05) is 0 Å². The van der Waals surface area contributed by atoms with Gasteiger partial charge in [-0.3, -0.25) is 4.79 Å². The average molecular weight is 316 g/mol. The molecule has 0 saturated carbocycles. The van der Waals surface area contributed by atoms with E-state index >= 15 is 0 Å². The number of nitrogens with two attached hydrogens (primary N) is 1. The van der Waals surface area contributed by atoms with Gasteiger partial charge in [-0.2, -0.15) is 13.2 Å². The molecule has 1 aliphatic rings. The van der Waals surface area contributed by atoms with E-state index in [0.717, 1.165) is 6.07 Å². The van der Waals surface area contributed by atoms with Crippen molar-refractivity contribution in [1.82, 2.24) is 4.90 Å². The summed E-state index contributed by atoms with van der Waals surface area (Å²) in [6, 6.07) is 5.24. The van der Waals surface area contributed by atoms with E-state index in [1.54, 1.807) is 0 Å². The molecule has 1 aromatic carbocycles. The summed E-state index contributed by atoms with van der Waals surface area (Å²) < 4.78 is 44.1. The maximum Gasteiger partial charge on any atom is 0.416 e. The number of likely N-dealkylation sites (N-methyl/N-ethyl adjacent to an activating group) is 1. The number of alkyl halides is 3. The van der Waals surface area contributed by atoms with Crippen LogP contribution in [0.3, 0.4) is 0 Å². The van der Waals surface area contributed by atoms with Crippen LogP contribution in [0, 0.1) is 0 Å². The Hall–Kier alpha value is -1.60. The molecule has 0 spiro atoms. The number of amides is 1. The fourth-order valence-electron chi connectivity index (χ4n) is 2.59. The van der Waals surface area contributed by atoms with Crippen molar-refractivity contribution >= 4 is 5.91 Å². The first-order valence-electron chi connectivity index (χ1n) is 7.01. The van der Waals surface area contributed by atoms with Gasteiger partial charge in [-0.1, -0.05) is 18.2 Å². The third-order valence-electron chi connectivity index (χ3n) is 3.89. The summed E-state index contributed by atoms with van der Waals surface area (Å²) in [6.07, 6.45) is -3.70. The smallest absolute Gasteiger partial charge is 0.381 e. The van der Waals surface area contributed by atoms with Gasteiger partial charge in [0.15, 0.2) is 0 Å². The fourth-order valence-corrected chi connectivity index (χ4v) is 2.59. The van der Waals surface area contributed by atoms with E-state index in [4.69, 9.17) is 10.5 Å². The Kier molecular flexibility index (Phi) is 4.77. The Bertz CT molecular complexity index is 540. The summed E-state index contributed by atoms with van der Waals surface area (Å²) in [4.78, 5) is 13.7. The summed E-state index contributed by atoms with van der Waals surface area (Å²) >= 11 is 0. The van der Waals surface area contributed by atoms with Crippen molar-refractivity contribution in [3.05, 3.63) is 35.4 Å². The average Bonchev–Trinajstić information content (AvgIpc) is 2.46. The van der Waals surface area contributed by atoms with E-state index in [9.17, 15) is 18.0 Å². The topological polar surface area (TPSA) is 55.6 Å². The van der Waals surface area contributed by atoms with Crippen molar-refractivity contribution in [3.63, 3.8) is 0 Å². The minimum Gasteiger partial charge on any atom is -0.381 e. The van der Waals surface area contributed by atoms with E-state index in [1.165, 1.54) is 30.1 Å². The second-order valence-electron chi connectivity index (χ2n) is 5.58. The zero-order chi connectivity index (χ0) is 16.4. The summed E-state index contributed by atoms with van der Waals surface area (Å²) in [6.45, 7) is 0.638. The van der Waals surface area contributed by atoms with Crippen LogP contribution in [0.5, 0.6) is 0 Å². The molecular weight excluding hydrogens is 297 g/mol. The lowest BCUT2D eigenvalue weighted by atomic mass is 9.89. The first-order chi connectivity index (χ1) is 10.2. The Morgan fingerprint density at radius 3 is 2.50 bits per heavy atom. The molecule has 0 atom stereocenters. The van der Waals surface area contributed by atoms with E-state index in [0.29, 0.717) is 26.1 Å². The monoisotopic (exact) mass is 316 g/mol. The highest BCUT2D eigenvalue weighted by Gasteiger charge is 2.39. The summed E-state index contributed by atoms with van der Waals surface area (Å²) in [5, 5.41) is 0. The second kappa shape index (κ2) is 6.26. The Morgan fingerprint density at radius 2 is 1.91 bits per heavy atom. The van der Waals surface area contributed by atoms with E-state index in [2.05, 4.69) is 0 Å². The van der Waals surface area contributed by atoms with Crippen LogP contribution in [0.4, 0.5) is 13.2 Å². The summed E-state index contributed by atoms with van der Waals surface area (Å²) in [5.74, 6) is -0.354. The normalized spacial score (nSPS) is 18.0. The van der Waals surface area contributed by atoms with Gasteiger partial charge in [-0.25, -0.2) is 0 Å².